The van der Waals surface area contributed by atoms with Gasteiger partial charge in [-0.05, 0) is 19.1 Å². The molecule has 0 amide bonds. The van der Waals surface area contributed by atoms with Crippen LogP contribution in [-0.2, 0) is 0 Å². The maximum Gasteiger partial charge on any atom is 0.0408 e. The minimum atomic E-state index is 0.953. The van der Waals surface area contributed by atoms with Gasteiger partial charge >= 0.3 is 0 Å². The van der Waals surface area contributed by atoms with Gasteiger partial charge in [-0.2, -0.15) is 0 Å². The Balaban J connectivity index is 2.68. The molecule has 0 radical (unpaired) electrons. The van der Waals surface area contributed by atoms with Crippen LogP contribution in [0.4, 0.5) is 0 Å². The van der Waals surface area contributed by atoms with E-state index in [1.807, 2.05) is 0 Å². The van der Waals surface area contributed by atoms with Gasteiger partial charge in [-0.1, -0.05) is 12.2 Å². The normalized spacial score (nSPS) is 18.8. The average molecular weight is 141 g/mol. The lowest BCUT2D eigenvalue weighted by atomic mass is 10.1. The molecule has 0 saturated carbocycles. The van der Waals surface area contributed by atoms with Crippen molar-refractivity contribution in [1.29, 1.82) is 0 Å². The summed E-state index contributed by atoms with van der Waals surface area (Å²) < 4.78 is 0. The second kappa shape index (κ2) is 2.97. The van der Waals surface area contributed by atoms with Crippen molar-refractivity contribution < 1.29 is 0 Å². The number of hydrogen-bond donors (Lipinski definition) is 1. The number of rotatable bonds is 1. The zero-order valence-electron chi connectivity index (χ0n) is 5.55. The van der Waals surface area contributed by atoms with Gasteiger partial charge in [0.15, 0.2) is 0 Å². The van der Waals surface area contributed by atoms with Gasteiger partial charge in [0.1, 0.15) is 0 Å². The molecule has 50 valence electrons. The van der Waals surface area contributed by atoms with Crippen LogP contribution in [-0.4, -0.2) is 6.26 Å². The smallest absolute Gasteiger partial charge is 0.0408 e. The maximum absolute atomic E-state index is 5.66. The van der Waals surface area contributed by atoms with Crippen LogP contribution in [0.25, 0.3) is 0 Å². The summed E-state index contributed by atoms with van der Waals surface area (Å²) in [5, 5.41) is 0. The fourth-order valence-electron chi connectivity index (χ4n) is 0.873. The van der Waals surface area contributed by atoms with Crippen molar-refractivity contribution >= 4 is 11.8 Å². The van der Waals surface area contributed by atoms with Gasteiger partial charge in [0.05, 0.1) is 0 Å². The van der Waals surface area contributed by atoms with Crippen LogP contribution in [0.1, 0.15) is 12.8 Å². The summed E-state index contributed by atoms with van der Waals surface area (Å²) in [6.07, 6.45) is 8.59. The van der Waals surface area contributed by atoms with Crippen molar-refractivity contribution in [3.63, 3.8) is 0 Å². The molecule has 2 heteroatoms. The van der Waals surface area contributed by atoms with Gasteiger partial charge in [-0.15, -0.1) is 11.8 Å². The molecule has 0 aromatic carbocycles. The highest BCUT2D eigenvalue weighted by Crippen LogP contribution is 2.22. The van der Waals surface area contributed by atoms with E-state index in [1.54, 1.807) is 11.8 Å². The summed E-state index contributed by atoms with van der Waals surface area (Å²) in [6.45, 7) is 0. The molecule has 9 heavy (non-hydrogen) atoms. The van der Waals surface area contributed by atoms with Crippen LogP contribution in [0, 0.1) is 0 Å². The molecule has 0 heterocycles. The van der Waals surface area contributed by atoms with E-state index in [9.17, 15) is 0 Å². The van der Waals surface area contributed by atoms with Crippen LogP contribution < -0.4 is 5.73 Å². The predicted octanol–water partition coefficient (Wildman–Crippen LogP) is 1.87. The van der Waals surface area contributed by atoms with Crippen molar-refractivity contribution in [2.24, 2.45) is 5.73 Å². The van der Waals surface area contributed by atoms with Gasteiger partial charge in [-0.3, -0.25) is 0 Å². The third-order valence-electron chi connectivity index (χ3n) is 1.37. The lowest BCUT2D eigenvalue weighted by molar-refractivity contribution is 1.01. The van der Waals surface area contributed by atoms with Crippen molar-refractivity contribution in [3.8, 4) is 0 Å². The molecule has 1 nitrogen and oxygen atoms in total. The Bertz CT molecular complexity index is 158. The summed E-state index contributed by atoms with van der Waals surface area (Å²) in [4.78, 5) is 1.24. The van der Waals surface area contributed by atoms with E-state index in [0.717, 1.165) is 18.5 Å². The Morgan fingerprint density at radius 1 is 1.44 bits per heavy atom. The summed E-state index contributed by atoms with van der Waals surface area (Å²) in [5.74, 6) is 0. The molecular weight excluding hydrogens is 130 g/mol. The zero-order chi connectivity index (χ0) is 6.69. The second-order valence-corrected chi connectivity index (χ2v) is 2.86. The molecule has 1 aliphatic rings. The molecule has 0 bridgehead atoms. The largest absolute Gasteiger partial charge is 0.398 e. The minimum absolute atomic E-state index is 0.953. The fraction of sp³-hybridized carbons (Fsp3) is 0.429. The SMILES string of the molecule is CSC1=CCCC=C1N. The van der Waals surface area contributed by atoms with Crippen molar-refractivity contribution in [3.05, 3.63) is 22.8 Å². The van der Waals surface area contributed by atoms with Crippen LogP contribution in [0.2, 0.25) is 0 Å². The fourth-order valence-corrected chi connectivity index (χ4v) is 1.48. The van der Waals surface area contributed by atoms with Crippen LogP contribution >= 0.6 is 11.8 Å². The molecule has 0 aromatic heterocycles. The molecule has 0 saturated heterocycles. The Morgan fingerprint density at radius 2 is 2.11 bits per heavy atom. The maximum atomic E-state index is 5.66. The molecule has 0 atom stereocenters. The third-order valence-corrected chi connectivity index (χ3v) is 2.21. The van der Waals surface area contributed by atoms with Gasteiger partial charge in [0, 0.05) is 10.6 Å². The monoisotopic (exact) mass is 141 g/mol. The topological polar surface area (TPSA) is 26.0 Å². The van der Waals surface area contributed by atoms with Crippen molar-refractivity contribution in [1.82, 2.24) is 0 Å². The standard InChI is InChI=1S/C7H11NS/c1-9-7-5-3-2-4-6(7)8/h4-5H,2-3,8H2,1H3. The van der Waals surface area contributed by atoms with E-state index < -0.39 is 0 Å². The minimum Gasteiger partial charge on any atom is -0.398 e. The first kappa shape index (κ1) is 6.75. The summed E-state index contributed by atoms with van der Waals surface area (Å²) in [6, 6.07) is 0. The number of hydrogen-bond acceptors (Lipinski definition) is 2. The molecule has 0 unspecified atom stereocenters. The summed E-state index contributed by atoms with van der Waals surface area (Å²) in [5.41, 5.74) is 6.61. The molecule has 0 aromatic rings. The molecule has 2 N–H and O–H groups in total. The van der Waals surface area contributed by atoms with E-state index >= 15 is 0 Å². The van der Waals surface area contributed by atoms with Gasteiger partial charge in [0.25, 0.3) is 0 Å². The molecular formula is C7H11NS. The predicted molar refractivity (Wildman–Crippen MR) is 43.1 cm³/mol. The highest BCUT2D eigenvalue weighted by molar-refractivity contribution is 8.02. The van der Waals surface area contributed by atoms with E-state index in [0.29, 0.717) is 0 Å². The Morgan fingerprint density at radius 3 is 2.56 bits per heavy atom. The van der Waals surface area contributed by atoms with Gasteiger partial charge in [0.2, 0.25) is 0 Å². The Labute approximate surface area is 60.0 Å². The molecule has 0 spiro atoms. The van der Waals surface area contributed by atoms with Crippen molar-refractivity contribution in [2.75, 3.05) is 6.26 Å². The lowest BCUT2D eigenvalue weighted by Gasteiger charge is -2.08. The average Bonchev–Trinajstić information content (AvgIpc) is 1.89. The first-order valence-electron chi connectivity index (χ1n) is 3.04. The molecule has 1 rings (SSSR count). The second-order valence-electron chi connectivity index (χ2n) is 2.01. The highest BCUT2D eigenvalue weighted by atomic mass is 32.2. The number of nitrogens with two attached hydrogens (primary N) is 1. The van der Waals surface area contributed by atoms with E-state index in [-0.39, 0.29) is 0 Å². The van der Waals surface area contributed by atoms with Gasteiger partial charge in [-0.25, -0.2) is 0 Å². The molecule has 1 aliphatic carbocycles. The van der Waals surface area contributed by atoms with E-state index in [2.05, 4.69) is 18.4 Å². The van der Waals surface area contributed by atoms with E-state index in [4.69, 9.17) is 5.73 Å². The first-order chi connectivity index (χ1) is 4.34. The number of allylic oxidation sites excluding steroid dienone is 2. The van der Waals surface area contributed by atoms with Crippen molar-refractivity contribution in [2.45, 2.75) is 12.8 Å². The molecule has 0 fully saturated rings. The Kier molecular flexibility index (Phi) is 2.22. The highest BCUT2D eigenvalue weighted by Gasteiger charge is 2.01. The summed E-state index contributed by atoms with van der Waals surface area (Å²) in [7, 11) is 0. The van der Waals surface area contributed by atoms with Crippen LogP contribution in [0.15, 0.2) is 22.8 Å². The number of thioether (sulfide) groups is 1. The zero-order valence-corrected chi connectivity index (χ0v) is 6.37. The quantitative estimate of drug-likeness (QED) is 0.603. The van der Waals surface area contributed by atoms with E-state index in [1.165, 1.54) is 4.91 Å². The molecule has 0 aliphatic heterocycles. The van der Waals surface area contributed by atoms with Crippen LogP contribution in [0.3, 0.4) is 0 Å². The first-order valence-corrected chi connectivity index (χ1v) is 4.27. The summed E-state index contributed by atoms with van der Waals surface area (Å²) >= 11 is 1.72. The lowest BCUT2D eigenvalue weighted by Crippen LogP contribution is -2.01. The Hall–Kier alpha value is -0.370. The van der Waals surface area contributed by atoms with Gasteiger partial charge < -0.3 is 5.73 Å². The third kappa shape index (κ3) is 1.52. The van der Waals surface area contributed by atoms with Crippen LogP contribution in [0.5, 0.6) is 0 Å².